The van der Waals surface area contributed by atoms with E-state index in [2.05, 4.69) is 10.5 Å². The first-order valence-corrected chi connectivity index (χ1v) is 5.60. The Morgan fingerprint density at radius 2 is 1.84 bits per heavy atom. The second-order valence-corrected chi connectivity index (χ2v) is 4.38. The van der Waals surface area contributed by atoms with Crippen LogP contribution in [0, 0.1) is 19.8 Å². The van der Waals surface area contributed by atoms with Crippen LogP contribution in [0.2, 0.25) is 0 Å². The first-order valence-electron chi connectivity index (χ1n) is 5.60. The van der Waals surface area contributed by atoms with E-state index in [0.29, 0.717) is 5.69 Å². The summed E-state index contributed by atoms with van der Waals surface area (Å²) in [6.07, 6.45) is -4.57. The molecule has 1 rings (SSSR count). The van der Waals surface area contributed by atoms with E-state index in [0.717, 1.165) is 11.1 Å². The summed E-state index contributed by atoms with van der Waals surface area (Å²) in [6.45, 7) is 3.22. The molecule has 0 radical (unpaired) electrons. The van der Waals surface area contributed by atoms with E-state index in [1.807, 2.05) is 19.9 Å². The number of rotatable bonds is 4. The van der Waals surface area contributed by atoms with Gasteiger partial charge in [0.15, 0.2) is 5.84 Å². The fourth-order valence-corrected chi connectivity index (χ4v) is 1.75. The molecule has 19 heavy (non-hydrogen) atoms. The molecule has 0 aliphatic heterocycles. The largest absolute Gasteiger partial charge is 0.409 e. The summed E-state index contributed by atoms with van der Waals surface area (Å²) in [6, 6.07) is 5.37. The van der Waals surface area contributed by atoms with E-state index in [1.165, 1.54) is 0 Å². The average Bonchev–Trinajstić information content (AvgIpc) is 2.25. The van der Waals surface area contributed by atoms with Gasteiger partial charge in [0.2, 0.25) is 0 Å². The summed E-state index contributed by atoms with van der Waals surface area (Å²) < 4.78 is 38.1. The zero-order valence-electron chi connectivity index (χ0n) is 10.6. The molecule has 0 aromatic heterocycles. The highest BCUT2D eigenvalue weighted by Crippen LogP contribution is 2.27. The first-order chi connectivity index (χ1) is 8.74. The zero-order chi connectivity index (χ0) is 14.6. The second-order valence-electron chi connectivity index (χ2n) is 4.38. The van der Waals surface area contributed by atoms with Crippen LogP contribution in [-0.4, -0.2) is 23.8 Å². The number of amidine groups is 1. The minimum absolute atomic E-state index is 0.484. The third-order valence-corrected chi connectivity index (χ3v) is 2.60. The molecule has 1 aromatic rings. The van der Waals surface area contributed by atoms with Crippen molar-refractivity contribution in [1.82, 2.24) is 0 Å². The average molecular weight is 275 g/mol. The molecule has 0 saturated carbocycles. The molecule has 0 spiro atoms. The first kappa shape index (κ1) is 15.1. The lowest BCUT2D eigenvalue weighted by Crippen LogP contribution is -2.40. The number of hydrogen-bond donors (Lipinski definition) is 3. The van der Waals surface area contributed by atoms with E-state index >= 15 is 0 Å². The van der Waals surface area contributed by atoms with Crippen molar-refractivity contribution in [3.8, 4) is 0 Å². The molecule has 0 heterocycles. The quantitative estimate of drug-likeness (QED) is 0.342. The van der Waals surface area contributed by atoms with E-state index in [4.69, 9.17) is 10.9 Å². The zero-order valence-corrected chi connectivity index (χ0v) is 10.6. The fraction of sp³-hybridized carbons (Fsp3) is 0.417. The standard InChI is InChI=1S/C12H16F3N3O/c1-7-3-8(2)5-9(4-7)17-6-10(11(16)18-19)12(13,14)15/h3-5,10,17,19H,6H2,1-2H3,(H2,16,18). The monoisotopic (exact) mass is 275 g/mol. The molecule has 0 aliphatic rings. The summed E-state index contributed by atoms with van der Waals surface area (Å²) in [5, 5.41) is 13.5. The lowest BCUT2D eigenvalue weighted by molar-refractivity contribution is -0.152. The van der Waals surface area contributed by atoms with E-state index in [9.17, 15) is 13.2 Å². The third kappa shape index (κ3) is 4.35. The van der Waals surface area contributed by atoms with Gasteiger partial charge in [-0.25, -0.2) is 0 Å². The molecule has 106 valence electrons. The van der Waals surface area contributed by atoms with Gasteiger partial charge >= 0.3 is 6.18 Å². The van der Waals surface area contributed by atoms with Gasteiger partial charge in [0.05, 0.1) is 0 Å². The number of hydrogen-bond acceptors (Lipinski definition) is 3. The molecule has 0 amide bonds. The molecule has 1 atom stereocenters. The number of anilines is 1. The highest BCUT2D eigenvalue weighted by atomic mass is 19.4. The Balaban J connectivity index is 2.82. The van der Waals surface area contributed by atoms with Crippen LogP contribution in [0.4, 0.5) is 18.9 Å². The normalized spacial score (nSPS) is 14.3. The summed E-state index contributed by atoms with van der Waals surface area (Å²) >= 11 is 0. The van der Waals surface area contributed by atoms with Crippen LogP contribution < -0.4 is 11.1 Å². The Bertz CT molecular complexity index is 452. The van der Waals surface area contributed by atoms with Gasteiger partial charge in [-0.05, 0) is 37.1 Å². The number of nitrogens with two attached hydrogens (primary N) is 1. The van der Waals surface area contributed by atoms with Gasteiger partial charge < -0.3 is 16.3 Å². The number of nitrogens with one attached hydrogen (secondary N) is 1. The topological polar surface area (TPSA) is 70.6 Å². The van der Waals surface area contributed by atoms with Gasteiger partial charge in [-0.1, -0.05) is 11.2 Å². The Labute approximate surface area is 109 Å². The van der Waals surface area contributed by atoms with Crippen LogP contribution in [0.5, 0.6) is 0 Å². The Morgan fingerprint density at radius 1 is 1.32 bits per heavy atom. The number of oxime groups is 1. The molecule has 0 fully saturated rings. The van der Waals surface area contributed by atoms with Crippen LogP contribution >= 0.6 is 0 Å². The predicted octanol–water partition coefficient (Wildman–Crippen LogP) is 2.64. The van der Waals surface area contributed by atoms with E-state index in [-0.39, 0.29) is 0 Å². The van der Waals surface area contributed by atoms with Crippen molar-refractivity contribution in [3.63, 3.8) is 0 Å². The number of halogens is 3. The molecular weight excluding hydrogens is 259 g/mol. The van der Waals surface area contributed by atoms with Crippen molar-refractivity contribution >= 4 is 11.5 Å². The fourth-order valence-electron chi connectivity index (χ4n) is 1.75. The van der Waals surface area contributed by atoms with Gasteiger partial charge in [-0.15, -0.1) is 0 Å². The van der Waals surface area contributed by atoms with Crippen LogP contribution in [0.1, 0.15) is 11.1 Å². The van der Waals surface area contributed by atoms with Crippen molar-refractivity contribution in [1.29, 1.82) is 0 Å². The Hall–Kier alpha value is -1.92. The number of nitrogens with zero attached hydrogens (tertiary/aromatic N) is 1. The molecule has 1 aromatic carbocycles. The Morgan fingerprint density at radius 3 is 2.26 bits per heavy atom. The second kappa shape index (κ2) is 5.81. The van der Waals surface area contributed by atoms with Crippen LogP contribution in [0.15, 0.2) is 23.4 Å². The summed E-state index contributed by atoms with van der Waals surface area (Å²) in [7, 11) is 0. The molecule has 0 saturated heterocycles. The van der Waals surface area contributed by atoms with Gasteiger partial charge in [0.25, 0.3) is 0 Å². The SMILES string of the molecule is Cc1cc(C)cc(NCC(/C(N)=N/O)C(F)(F)F)c1. The molecule has 7 heteroatoms. The van der Waals surface area contributed by atoms with Crippen LogP contribution in [0.25, 0.3) is 0 Å². The highest BCUT2D eigenvalue weighted by molar-refractivity contribution is 5.83. The smallest absolute Gasteiger partial charge is 0.400 e. The lowest BCUT2D eigenvalue weighted by atomic mass is 10.1. The van der Waals surface area contributed by atoms with E-state index < -0.39 is 24.5 Å². The third-order valence-electron chi connectivity index (χ3n) is 2.60. The Kier molecular flexibility index (Phi) is 4.63. The molecule has 0 aliphatic carbocycles. The van der Waals surface area contributed by atoms with E-state index in [1.54, 1.807) is 12.1 Å². The minimum atomic E-state index is -4.57. The van der Waals surface area contributed by atoms with Gasteiger partial charge in [-0.3, -0.25) is 0 Å². The maximum Gasteiger partial charge on any atom is 0.400 e. The summed E-state index contributed by atoms with van der Waals surface area (Å²) in [4.78, 5) is 0. The van der Waals surface area contributed by atoms with Crippen molar-refractivity contribution in [2.24, 2.45) is 16.8 Å². The molecule has 4 N–H and O–H groups in total. The van der Waals surface area contributed by atoms with Crippen molar-refractivity contribution in [2.75, 3.05) is 11.9 Å². The maximum atomic E-state index is 12.7. The highest BCUT2D eigenvalue weighted by Gasteiger charge is 2.42. The van der Waals surface area contributed by atoms with Crippen LogP contribution in [-0.2, 0) is 0 Å². The number of benzene rings is 1. The van der Waals surface area contributed by atoms with Crippen molar-refractivity contribution in [2.45, 2.75) is 20.0 Å². The summed E-state index contributed by atoms with van der Waals surface area (Å²) in [5.41, 5.74) is 7.51. The lowest BCUT2D eigenvalue weighted by Gasteiger charge is -2.20. The molecule has 0 bridgehead atoms. The maximum absolute atomic E-state index is 12.7. The molecular formula is C12H16F3N3O. The van der Waals surface area contributed by atoms with Gasteiger partial charge in [0, 0.05) is 12.2 Å². The number of aryl methyl sites for hydroxylation is 2. The molecule has 4 nitrogen and oxygen atoms in total. The number of alkyl halides is 3. The van der Waals surface area contributed by atoms with Gasteiger partial charge in [0.1, 0.15) is 5.92 Å². The van der Waals surface area contributed by atoms with Crippen molar-refractivity contribution < 1.29 is 18.4 Å². The molecule has 1 unspecified atom stereocenters. The van der Waals surface area contributed by atoms with Crippen LogP contribution in [0.3, 0.4) is 0 Å². The summed E-state index contributed by atoms with van der Waals surface area (Å²) in [5.74, 6) is -2.89. The predicted molar refractivity (Wildman–Crippen MR) is 67.4 cm³/mol. The van der Waals surface area contributed by atoms with Gasteiger partial charge in [-0.2, -0.15) is 13.2 Å². The minimum Gasteiger partial charge on any atom is -0.409 e. The van der Waals surface area contributed by atoms with Crippen molar-refractivity contribution in [3.05, 3.63) is 29.3 Å².